The molecule has 11 heteroatoms. The lowest BCUT2D eigenvalue weighted by Crippen LogP contribution is -2.19. The van der Waals surface area contributed by atoms with Crippen molar-refractivity contribution in [2.24, 2.45) is 0 Å². The summed E-state index contributed by atoms with van der Waals surface area (Å²) in [5.74, 6) is 1.77. The number of hydrogen-bond donors (Lipinski definition) is 1. The summed E-state index contributed by atoms with van der Waals surface area (Å²) in [6.07, 6.45) is 6.04. The minimum atomic E-state index is -0.538. The topological polar surface area (TPSA) is 102 Å². The van der Waals surface area contributed by atoms with E-state index in [1.54, 1.807) is 24.7 Å². The number of aromatic nitrogens is 6. The molecule has 3 aromatic heterocycles. The van der Waals surface area contributed by atoms with E-state index in [4.69, 9.17) is 37.9 Å². The van der Waals surface area contributed by atoms with E-state index in [-0.39, 0.29) is 6.61 Å². The van der Waals surface area contributed by atoms with Gasteiger partial charge < -0.3 is 14.7 Å². The second-order valence-electron chi connectivity index (χ2n) is 9.25. The van der Waals surface area contributed by atoms with E-state index in [9.17, 15) is 5.11 Å². The van der Waals surface area contributed by atoms with Gasteiger partial charge in [0.15, 0.2) is 5.82 Å². The van der Waals surface area contributed by atoms with E-state index in [0.717, 1.165) is 34.8 Å². The molecule has 0 spiro atoms. The molecule has 5 rings (SSSR count). The molecule has 0 aliphatic carbocycles. The van der Waals surface area contributed by atoms with Crippen LogP contribution < -0.4 is 9.64 Å². The molecule has 38 heavy (non-hydrogen) atoms. The third-order valence-electron chi connectivity index (χ3n) is 6.56. The highest BCUT2D eigenvalue weighted by Gasteiger charge is 2.27. The number of halogens is 2. The summed E-state index contributed by atoms with van der Waals surface area (Å²) in [6, 6.07) is 5.34. The highest BCUT2D eigenvalue weighted by molar-refractivity contribution is 6.33. The van der Waals surface area contributed by atoms with Crippen LogP contribution in [0.5, 0.6) is 5.75 Å². The van der Waals surface area contributed by atoms with Crippen molar-refractivity contribution in [1.29, 1.82) is 0 Å². The SMILES string of the molecule is CCC[C@@H](O)COc1ccc(Cl)c(-c2nc(-c3c(Cl)cnn3CC)c(C)c(N3Cc4cncnc4C3)n2)c1. The Hall–Kier alpha value is -3.27. The second kappa shape index (κ2) is 11.2. The molecule has 0 saturated carbocycles. The number of hydrogen-bond acceptors (Lipinski definition) is 8. The van der Waals surface area contributed by atoms with E-state index in [0.29, 0.717) is 58.9 Å². The maximum atomic E-state index is 10.1. The van der Waals surface area contributed by atoms with Crippen LogP contribution in [-0.2, 0) is 19.6 Å². The van der Waals surface area contributed by atoms with Gasteiger partial charge >= 0.3 is 0 Å². The fourth-order valence-corrected chi connectivity index (χ4v) is 5.06. The Morgan fingerprint density at radius 3 is 2.71 bits per heavy atom. The summed E-state index contributed by atoms with van der Waals surface area (Å²) in [5, 5.41) is 15.5. The zero-order valence-electron chi connectivity index (χ0n) is 21.5. The van der Waals surface area contributed by atoms with Gasteiger partial charge in [0.05, 0.1) is 40.3 Å². The zero-order chi connectivity index (χ0) is 26.8. The lowest BCUT2D eigenvalue weighted by molar-refractivity contribution is 0.0994. The first kappa shape index (κ1) is 26.3. The first-order valence-corrected chi connectivity index (χ1v) is 13.4. The quantitative estimate of drug-likeness (QED) is 0.290. The van der Waals surface area contributed by atoms with Gasteiger partial charge in [-0.3, -0.25) is 4.68 Å². The van der Waals surface area contributed by atoms with Gasteiger partial charge in [-0.05, 0) is 38.5 Å². The minimum absolute atomic E-state index is 0.193. The number of aryl methyl sites for hydroxylation is 1. The average molecular weight is 554 g/mol. The molecule has 1 atom stereocenters. The van der Waals surface area contributed by atoms with Gasteiger partial charge in [-0.15, -0.1) is 0 Å². The number of rotatable bonds is 9. The van der Waals surface area contributed by atoms with E-state index >= 15 is 0 Å². The van der Waals surface area contributed by atoms with Gasteiger partial charge in [-0.25, -0.2) is 19.9 Å². The highest BCUT2D eigenvalue weighted by atomic mass is 35.5. The second-order valence-corrected chi connectivity index (χ2v) is 10.1. The maximum Gasteiger partial charge on any atom is 0.163 e. The molecule has 0 bridgehead atoms. The molecule has 0 radical (unpaired) electrons. The molecule has 0 amide bonds. The molecule has 9 nitrogen and oxygen atoms in total. The van der Waals surface area contributed by atoms with Crippen molar-refractivity contribution in [3.05, 3.63) is 63.8 Å². The van der Waals surface area contributed by atoms with E-state index in [2.05, 4.69) is 20.0 Å². The molecule has 4 heterocycles. The van der Waals surface area contributed by atoms with Gasteiger partial charge in [0.25, 0.3) is 0 Å². The number of ether oxygens (including phenoxy) is 1. The number of anilines is 1. The predicted molar refractivity (Wildman–Crippen MR) is 147 cm³/mol. The first-order chi connectivity index (χ1) is 18.4. The number of aliphatic hydroxyl groups excluding tert-OH is 1. The minimum Gasteiger partial charge on any atom is -0.491 e. The van der Waals surface area contributed by atoms with Gasteiger partial charge in [0.1, 0.15) is 30.2 Å². The maximum absolute atomic E-state index is 10.1. The summed E-state index contributed by atoms with van der Waals surface area (Å²) >= 11 is 13.3. The van der Waals surface area contributed by atoms with Gasteiger partial charge in [0.2, 0.25) is 0 Å². The Kier molecular flexibility index (Phi) is 7.78. The Labute approximate surface area is 231 Å². The van der Waals surface area contributed by atoms with Crippen LogP contribution in [0.3, 0.4) is 0 Å². The fraction of sp³-hybridized carbons (Fsp3) is 0.370. The van der Waals surface area contributed by atoms with Crippen LogP contribution in [0.25, 0.3) is 22.8 Å². The molecule has 0 unspecified atom stereocenters. The Morgan fingerprint density at radius 1 is 1.11 bits per heavy atom. The van der Waals surface area contributed by atoms with Crippen LogP contribution in [0, 0.1) is 6.92 Å². The zero-order valence-corrected chi connectivity index (χ0v) is 23.0. The molecule has 1 N–H and O–H groups in total. The largest absolute Gasteiger partial charge is 0.491 e. The van der Waals surface area contributed by atoms with Gasteiger partial charge in [0, 0.05) is 36.0 Å². The van der Waals surface area contributed by atoms with E-state index < -0.39 is 6.10 Å². The predicted octanol–water partition coefficient (Wildman–Crippen LogP) is 5.49. The van der Waals surface area contributed by atoms with Crippen molar-refractivity contribution >= 4 is 29.0 Å². The average Bonchev–Trinajstić information content (AvgIpc) is 3.51. The molecule has 198 valence electrons. The molecule has 4 aromatic rings. The number of fused-ring (bicyclic) bond motifs is 1. The van der Waals surface area contributed by atoms with E-state index in [1.807, 2.05) is 37.7 Å². The Morgan fingerprint density at radius 2 is 1.95 bits per heavy atom. The third-order valence-corrected chi connectivity index (χ3v) is 7.17. The molecular weight excluding hydrogens is 525 g/mol. The Balaban J connectivity index is 1.61. The van der Waals surface area contributed by atoms with Crippen molar-refractivity contribution < 1.29 is 9.84 Å². The standard InChI is InChI=1S/C27H29Cl2N7O2/c1-4-6-18(37)14-38-19-7-8-21(28)20(9-19)26-33-24(25-22(29)11-32-36(25)5-2)16(3)27(34-26)35-12-17-10-30-15-31-23(17)13-35/h7-11,15,18,37H,4-6,12-14H2,1-3H3/t18-/m1/s1. The Bertz CT molecular complexity index is 1430. The lowest BCUT2D eigenvalue weighted by Gasteiger charge is -2.22. The summed E-state index contributed by atoms with van der Waals surface area (Å²) in [7, 11) is 0. The normalized spacial score (nSPS) is 13.6. The smallest absolute Gasteiger partial charge is 0.163 e. The van der Waals surface area contributed by atoms with Crippen LogP contribution in [0.1, 0.15) is 43.5 Å². The van der Waals surface area contributed by atoms with Crippen molar-refractivity contribution in [1.82, 2.24) is 29.7 Å². The molecule has 1 aromatic carbocycles. The van der Waals surface area contributed by atoms with Crippen molar-refractivity contribution in [3.8, 4) is 28.5 Å². The van der Waals surface area contributed by atoms with Crippen molar-refractivity contribution in [3.63, 3.8) is 0 Å². The molecule has 0 saturated heterocycles. The van der Waals surface area contributed by atoms with Gasteiger partial charge in [-0.2, -0.15) is 5.10 Å². The van der Waals surface area contributed by atoms with Crippen LogP contribution in [-0.4, -0.2) is 47.5 Å². The summed E-state index contributed by atoms with van der Waals surface area (Å²) in [4.78, 5) is 20.7. The summed E-state index contributed by atoms with van der Waals surface area (Å²) in [6.45, 7) is 8.06. The molecule has 1 aliphatic heterocycles. The van der Waals surface area contributed by atoms with E-state index in [1.165, 1.54) is 0 Å². The third kappa shape index (κ3) is 5.18. The summed E-state index contributed by atoms with van der Waals surface area (Å²) in [5.41, 5.74) is 4.92. The molecule has 1 aliphatic rings. The van der Waals surface area contributed by atoms with Crippen LogP contribution >= 0.6 is 23.2 Å². The van der Waals surface area contributed by atoms with Gasteiger partial charge in [-0.1, -0.05) is 36.5 Å². The van der Waals surface area contributed by atoms with Crippen LogP contribution in [0.15, 0.2) is 36.9 Å². The fourth-order valence-electron chi connectivity index (χ4n) is 4.63. The molecular formula is C27H29Cl2N7O2. The van der Waals surface area contributed by atoms with Crippen molar-refractivity contribution in [2.75, 3.05) is 11.5 Å². The number of aliphatic hydroxyl groups is 1. The van der Waals surface area contributed by atoms with Crippen molar-refractivity contribution in [2.45, 2.75) is 59.4 Å². The van der Waals surface area contributed by atoms with Crippen LogP contribution in [0.2, 0.25) is 10.0 Å². The first-order valence-electron chi connectivity index (χ1n) is 12.6. The highest BCUT2D eigenvalue weighted by Crippen LogP contribution is 2.38. The number of benzene rings is 1. The van der Waals surface area contributed by atoms with Crippen LogP contribution in [0.4, 0.5) is 5.82 Å². The lowest BCUT2D eigenvalue weighted by atomic mass is 10.1. The summed E-state index contributed by atoms with van der Waals surface area (Å²) < 4.78 is 7.69. The number of nitrogens with zero attached hydrogens (tertiary/aromatic N) is 7. The monoisotopic (exact) mass is 553 g/mol. The molecule has 0 fully saturated rings.